The Labute approximate surface area is 126 Å². The maximum atomic E-state index is 11.7. The van der Waals surface area contributed by atoms with Gasteiger partial charge in [-0.15, -0.1) is 0 Å². The van der Waals surface area contributed by atoms with Gasteiger partial charge in [0.2, 0.25) is 5.91 Å². The summed E-state index contributed by atoms with van der Waals surface area (Å²) in [6.07, 6.45) is 3.97. The summed E-state index contributed by atoms with van der Waals surface area (Å²) in [7, 11) is 0. The molecule has 20 heavy (non-hydrogen) atoms. The molecule has 2 aromatic rings. The van der Waals surface area contributed by atoms with Crippen LogP contribution in [0.25, 0.3) is 0 Å². The molecular weight excluding hydrogens is 301 g/mol. The summed E-state index contributed by atoms with van der Waals surface area (Å²) >= 11 is 11.7. The number of hydrogen-bond acceptors (Lipinski definition) is 3. The van der Waals surface area contributed by atoms with Crippen molar-refractivity contribution in [3.8, 4) is 0 Å². The minimum absolute atomic E-state index is 0.0875. The van der Waals surface area contributed by atoms with Crippen LogP contribution in [-0.2, 0) is 11.3 Å². The van der Waals surface area contributed by atoms with Crippen LogP contribution in [0.5, 0.6) is 0 Å². The second-order valence-corrected chi connectivity index (χ2v) is 5.13. The second-order valence-electron chi connectivity index (χ2n) is 4.26. The molecule has 0 saturated carbocycles. The van der Waals surface area contributed by atoms with Gasteiger partial charge in [-0.25, -0.2) is 4.98 Å². The van der Waals surface area contributed by atoms with Crippen molar-refractivity contribution in [3.05, 3.63) is 52.5 Å². The van der Waals surface area contributed by atoms with E-state index in [-0.39, 0.29) is 19.0 Å². The summed E-state index contributed by atoms with van der Waals surface area (Å²) in [5.41, 5.74) is 0.561. The number of aliphatic hydroxyl groups is 1. The number of aliphatic hydroxyl groups excluding tert-OH is 1. The Balaban J connectivity index is 1.88. The van der Waals surface area contributed by atoms with Gasteiger partial charge < -0.3 is 15.0 Å². The SMILES string of the molecule is O=C(Cn1ccnc1)NCC(O)c1cc(Cl)cc(Cl)c1. The van der Waals surface area contributed by atoms with Crippen molar-refractivity contribution in [3.63, 3.8) is 0 Å². The molecule has 1 amide bonds. The highest BCUT2D eigenvalue weighted by Gasteiger charge is 2.11. The minimum Gasteiger partial charge on any atom is -0.387 e. The van der Waals surface area contributed by atoms with Crippen LogP contribution in [0.4, 0.5) is 0 Å². The van der Waals surface area contributed by atoms with E-state index in [1.807, 2.05) is 0 Å². The van der Waals surface area contributed by atoms with E-state index in [4.69, 9.17) is 23.2 Å². The van der Waals surface area contributed by atoms with Crippen LogP contribution in [0.15, 0.2) is 36.9 Å². The molecule has 2 N–H and O–H groups in total. The molecule has 0 radical (unpaired) electrons. The number of carbonyl (C=O) groups is 1. The quantitative estimate of drug-likeness (QED) is 0.887. The molecule has 1 aromatic heterocycles. The van der Waals surface area contributed by atoms with Crippen molar-refractivity contribution in [1.29, 1.82) is 0 Å². The number of imidazole rings is 1. The summed E-state index contributed by atoms with van der Waals surface area (Å²) in [5, 5.41) is 13.5. The zero-order chi connectivity index (χ0) is 14.5. The van der Waals surface area contributed by atoms with Gasteiger partial charge >= 0.3 is 0 Å². The summed E-state index contributed by atoms with van der Waals surface area (Å²) in [4.78, 5) is 15.5. The average molecular weight is 314 g/mol. The van der Waals surface area contributed by atoms with E-state index in [1.165, 1.54) is 0 Å². The van der Waals surface area contributed by atoms with E-state index >= 15 is 0 Å². The fourth-order valence-electron chi connectivity index (χ4n) is 1.70. The molecule has 1 aromatic carbocycles. The van der Waals surface area contributed by atoms with Crippen LogP contribution in [-0.4, -0.2) is 27.1 Å². The fourth-order valence-corrected chi connectivity index (χ4v) is 2.24. The molecule has 0 spiro atoms. The molecule has 0 aliphatic rings. The molecule has 106 valence electrons. The van der Waals surface area contributed by atoms with E-state index in [2.05, 4.69) is 10.3 Å². The van der Waals surface area contributed by atoms with Gasteiger partial charge in [-0.2, -0.15) is 0 Å². The van der Waals surface area contributed by atoms with Crippen LogP contribution in [0.3, 0.4) is 0 Å². The topological polar surface area (TPSA) is 67.2 Å². The van der Waals surface area contributed by atoms with Gasteiger partial charge in [-0.1, -0.05) is 23.2 Å². The van der Waals surface area contributed by atoms with Gasteiger partial charge in [0.15, 0.2) is 0 Å². The summed E-state index contributed by atoms with van der Waals surface area (Å²) in [5.74, 6) is -0.213. The van der Waals surface area contributed by atoms with Gasteiger partial charge in [0.25, 0.3) is 0 Å². The zero-order valence-corrected chi connectivity index (χ0v) is 12.0. The van der Waals surface area contributed by atoms with Crippen molar-refractivity contribution in [2.24, 2.45) is 0 Å². The molecule has 0 aliphatic heterocycles. The van der Waals surface area contributed by atoms with E-state index in [1.54, 1.807) is 41.5 Å². The number of halogens is 2. The lowest BCUT2D eigenvalue weighted by Crippen LogP contribution is -2.31. The van der Waals surface area contributed by atoms with E-state index < -0.39 is 6.10 Å². The number of benzene rings is 1. The lowest BCUT2D eigenvalue weighted by atomic mass is 10.1. The largest absolute Gasteiger partial charge is 0.387 e. The molecule has 1 unspecified atom stereocenters. The van der Waals surface area contributed by atoms with Crippen LogP contribution in [0.1, 0.15) is 11.7 Å². The average Bonchev–Trinajstić information content (AvgIpc) is 2.87. The molecule has 1 heterocycles. The van der Waals surface area contributed by atoms with E-state index in [9.17, 15) is 9.90 Å². The maximum Gasteiger partial charge on any atom is 0.240 e. The first-order chi connectivity index (χ1) is 9.54. The molecule has 5 nitrogen and oxygen atoms in total. The Morgan fingerprint density at radius 1 is 1.35 bits per heavy atom. The first kappa shape index (κ1) is 14.8. The van der Waals surface area contributed by atoms with Crippen molar-refractivity contribution in [2.45, 2.75) is 12.6 Å². The number of aromatic nitrogens is 2. The summed E-state index contributed by atoms with van der Waals surface area (Å²) < 4.78 is 1.64. The Morgan fingerprint density at radius 2 is 2.05 bits per heavy atom. The second kappa shape index (κ2) is 6.74. The van der Waals surface area contributed by atoms with Gasteiger partial charge in [0, 0.05) is 29.0 Å². The molecule has 0 saturated heterocycles. The Bertz CT molecular complexity index is 567. The lowest BCUT2D eigenvalue weighted by molar-refractivity contribution is -0.122. The number of hydrogen-bond donors (Lipinski definition) is 2. The third kappa shape index (κ3) is 4.23. The molecule has 7 heteroatoms. The number of nitrogens with one attached hydrogen (secondary N) is 1. The molecule has 2 rings (SSSR count). The predicted molar refractivity (Wildman–Crippen MR) is 76.7 cm³/mol. The Kier molecular flexibility index (Phi) is 5.00. The molecule has 1 atom stereocenters. The van der Waals surface area contributed by atoms with Gasteiger partial charge in [0.1, 0.15) is 6.54 Å². The normalized spacial score (nSPS) is 12.2. The molecule has 0 bridgehead atoms. The standard InChI is InChI=1S/C13H13Cl2N3O2/c14-10-3-9(4-11(15)5-10)12(19)6-17-13(20)7-18-2-1-16-8-18/h1-5,8,12,19H,6-7H2,(H,17,20). The highest BCUT2D eigenvalue weighted by Crippen LogP contribution is 2.23. The van der Waals surface area contributed by atoms with Crippen LogP contribution in [0, 0.1) is 0 Å². The van der Waals surface area contributed by atoms with Crippen LogP contribution < -0.4 is 5.32 Å². The van der Waals surface area contributed by atoms with Gasteiger partial charge in [-0.3, -0.25) is 4.79 Å². The van der Waals surface area contributed by atoms with Crippen molar-refractivity contribution in [2.75, 3.05) is 6.54 Å². The maximum absolute atomic E-state index is 11.7. The minimum atomic E-state index is -0.863. The van der Waals surface area contributed by atoms with E-state index in [0.717, 1.165) is 0 Å². The van der Waals surface area contributed by atoms with Gasteiger partial charge in [0.05, 0.1) is 12.4 Å². The Hall–Kier alpha value is -1.56. The van der Waals surface area contributed by atoms with Crippen molar-refractivity contribution >= 4 is 29.1 Å². The monoisotopic (exact) mass is 313 g/mol. The lowest BCUT2D eigenvalue weighted by Gasteiger charge is -2.13. The van der Waals surface area contributed by atoms with Crippen LogP contribution >= 0.6 is 23.2 Å². The summed E-state index contributed by atoms with van der Waals surface area (Å²) in [6, 6.07) is 4.80. The highest BCUT2D eigenvalue weighted by molar-refractivity contribution is 6.34. The number of carbonyl (C=O) groups excluding carboxylic acids is 1. The first-order valence-corrected chi connectivity index (χ1v) is 6.66. The van der Waals surface area contributed by atoms with E-state index in [0.29, 0.717) is 15.6 Å². The fraction of sp³-hybridized carbons (Fsp3) is 0.231. The van der Waals surface area contributed by atoms with Gasteiger partial charge in [-0.05, 0) is 23.8 Å². The first-order valence-electron chi connectivity index (χ1n) is 5.91. The van der Waals surface area contributed by atoms with Crippen molar-refractivity contribution < 1.29 is 9.90 Å². The smallest absolute Gasteiger partial charge is 0.240 e. The Morgan fingerprint density at radius 3 is 2.65 bits per heavy atom. The molecule has 0 aliphatic carbocycles. The third-order valence-corrected chi connectivity index (χ3v) is 3.08. The number of nitrogens with zero attached hydrogens (tertiary/aromatic N) is 2. The molecular formula is C13H13Cl2N3O2. The third-order valence-electron chi connectivity index (χ3n) is 2.65. The number of rotatable bonds is 5. The predicted octanol–water partition coefficient (Wildman–Crippen LogP) is 2.04. The summed E-state index contributed by atoms with van der Waals surface area (Å²) in [6.45, 7) is 0.243. The van der Waals surface area contributed by atoms with Crippen molar-refractivity contribution in [1.82, 2.24) is 14.9 Å². The molecule has 0 fully saturated rings. The van der Waals surface area contributed by atoms with Crippen LogP contribution in [0.2, 0.25) is 10.0 Å². The highest BCUT2D eigenvalue weighted by atomic mass is 35.5. The zero-order valence-electron chi connectivity index (χ0n) is 10.5. The number of amides is 1.